The summed E-state index contributed by atoms with van der Waals surface area (Å²) < 4.78 is 0. The molecule has 0 aromatic rings. The molecule has 1 N–H and O–H groups in total. The van der Waals surface area contributed by atoms with Gasteiger partial charge in [-0.3, -0.25) is 0 Å². The van der Waals surface area contributed by atoms with E-state index < -0.39 is 0 Å². The van der Waals surface area contributed by atoms with Crippen LogP contribution in [0.2, 0.25) is 0 Å². The molecular formula is C17H34N2. The molecule has 2 nitrogen and oxygen atoms in total. The fourth-order valence-corrected chi connectivity index (χ4v) is 3.75. The summed E-state index contributed by atoms with van der Waals surface area (Å²) in [5.41, 5.74) is 0. The van der Waals surface area contributed by atoms with Gasteiger partial charge in [-0.05, 0) is 69.5 Å². The fourth-order valence-electron chi connectivity index (χ4n) is 3.75. The van der Waals surface area contributed by atoms with Crippen LogP contribution in [-0.2, 0) is 0 Å². The molecule has 1 aliphatic heterocycles. The van der Waals surface area contributed by atoms with Gasteiger partial charge < -0.3 is 10.2 Å². The van der Waals surface area contributed by atoms with Crippen molar-refractivity contribution in [3.05, 3.63) is 0 Å². The van der Waals surface area contributed by atoms with Crippen molar-refractivity contribution in [1.82, 2.24) is 10.2 Å². The first kappa shape index (κ1) is 15.3. The Morgan fingerprint density at radius 2 is 1.79 bits per heavy atom. The van der Waals surface area contributed by atoms with Gasteiger partial charge in [-0.15, -0.1) is 0 Å². The van der Waals surface area contributed by atoms with Gasteiger partial charge in [-0.1, -0.05) is 27.2 Å². The largest absolute Gasteiger partial charge is 0.314 e. The van der Waals surface area contributed by atoms with E-state index in [1.165, 1.54) is 64.7 Å². The first-order valence-corrected chi connectivity index (χ1v) is 8.61. The van der Waals surface area contributed by atoms with Crippen LogP contribution >= 0.6 is 0 Å². The second-order valence-electron chi connectivity index (χ2n) is 7.34. The Morgan fingerprint density at radius 1 is 1.05 bits per heavy atom. The van der Waals surface area contributed by atoms with Gasteiger partial charge in [0.05, 0.1) is 0 Å². The van der Waals surface area contributed by atoms with Crippen LogP contribution in [0.15, 0.2) is 0 Å². The number of likely N-dealkylation sites (tertiary alicyclic amines) is 1. The van der Waals surface area contributed by atoms with Crippen molar-refractivity contribution in [2.24, 2.45) is 17.8 Å². The molecule has 1 heterocycles. The van der Waals surface area contributed by atoms with Crippen LogP contribution in [0.5, 0.6) is 0 Å². The molecule has 2 fully saturated rings. The zero-order chi connectivity index (χ0) is 13.7. The zero-order valence-electron chi connectivity index (χ0n) is 13.3. The molecule has 0 aromatic heterocycles. The third-order valence-electron chi connectivity index (χ3n) is 5.37. The highest BCUT2D eigenvalue weighted by Crippen LogP contribution is 2.29. The normalized spacial score (nSPS) is 35.2. The van der Waals surface area contributed by atoms with Crippen molar-refractivity contribution >= 4 is 0 Å². The third kappa shape index (κ3) is 5.07. The molecule has 0 aromatic carbocycles. The van der Waals surface area contributed by atoms with Gasteiger partial charge in [-0.25, -0.2) is 0 Å². The van der Waals surface area contributed by atoms with E-state index in [2.05, 4.69) is 31.0 Å². The summed E-state index contributed by atoms with van der Waals surface area (Å²) in [6.07, 6.45) is 8.47. The predicted octanol–water partition coefficient (Wildman–Crippen LogP) is 3.52. The molecule has 2 rings (SSSR count). The van der Waals surface area contributed by atoms with Crippen LogP contribution < -0.4 is 5.32 Å². The lowest BCUT2D eigenvalue weighted by molar-refractivity contribution is 0.186. The minimum absolute atomic E-state index is 0.787. The van der Waals surface area contributed by atoms with E-state index in [4.69, 9.17) is 0 Å². The minimum Gasteiger partial charge on any atom is -0.314 e. The molecule has 112 valence electrons. The summed E-state index contributed by atoms with van der Waals surface area (Å²) in [4.78, 5) is 2.67. The molecular weight excluding hydrogens is 232 g/mol. The summed E-state index contributed by atoms with van der Waals surface area (Å²) in [6, 6.07) is 0.787. The second-order valence-corrected chi connectivity index (χ2v) is 7.34. The molecule has 1 saturated heterocycles. The lowest BCUT2D eigenvalue weighted by atomic mass is 9.79. The number of hydrogen-bond donors (Lipinski definition) is 1. The molecule has 4 unspecified atom stereocenters. The molecule has 0 radical (unpaired) electrons. The van der Waals surface area contributed by atoms with E-state index in [0.29, 0.717) is 0 Å². The Balaban J connectivity index is 1.61. The number of nitrogens with zero attached hydrogens (tertiary/aromatic N) is 1. The Hall–Kier alpha value is -0.0800. The van der Waals surface area contributed by atoms with Crippen LogP contribution in [0, 0.1) is 17.8 Å². The van der Waals surface area contributed by atoms with Gasteiger partial charge in [0.2, 0.25) is 0 Å². The summed E-state index contributed by atoms with van der Waals surface area (Å²) in [5.74, 6) is 2.64. The van der Waals surface area contributed by atoms with Crippen molar-refractivity contribution in [3.63, 3.8) is 0 Å². The minimum atomic E-state index is 0.787. The average Bonchev–Trinajstić information content (AvgIpc) is 2.41. The molecule has 4 atom stereocenters. The fraction of sp³-hybridized carbons (Fsp3) is 1.00. The van der Waals surface area contributed by atoms with Gasteiger partial charge in [0.15, 0.2) is 0 Å². The number of piperidine rings is 1. The van der Waals surface area contributed by atoms with Gasteiger partial charge in [0, 0.05) is 12.6 Å². The first-order valence-electron chi connectivity index (χ1n) is 8.61. The topological polar surface area (TPSA) is 15.3 Å². The van der Waals surface area contributed by atoms with Crippen LogP contribution in [0.3, 0.4) is 0 Å². The van der Waals surface area contributed by atoms with E-state index in [-0.39, 0.29) is 0 Å². The van der Waals surface area contributed by atoms with Crippen LogP contribution in [0.1, 0.15) is 59.3 Å². The summed E-state index contributed by atoms with van der Waals surface area (Å²) in [5, 5.41) is 3.84. The molecule has 0 bridgehead atoms. The third-order valence-corrected chi connectivity index (χ3v) is 5.37. The van der Waals surface area contributed by atoms with Crippen LogP contribution in [0.25, 0.3) is 0 Å². The van der Waals surface area contributed by atoms with Crippen molar-refractivity contribution < 1.29 is 0 Å². The highest BCUT2D eigenvalue weighted by molar-refractivity contribution is 4.80. The number of rotatable bonds is 5. The SMILES string of the molecule is CC(CNC1CCC(C)C(C)C1)CN1CCCCC1. The summed E-state index contributed by atoms with van der Waals surface area (Å²) in [7, 11) is 0. The molecule has 2 heteroatoms. The Labute approximate surface area is 120 Å². The maximum atomic E-state index is 3.84. The number of hydrogen-bond acceptors (Lipinski definition) is 2. The van der Waals surface area contributed by atoms with E-state index in [1.807, 2.05) is 0 Å². The predicted molar refractivity (Wildman–Crippen MR) is 83.4 cm³/mol. The second kappa shape index (κ2) is 7.64. The molecule has 0 spiro atoms. The summed E-state index contributed by atoms with van der Waals surface area (Å²) in [6.45, 7) is 12.4. The lowest BCUT2D eigenvalue weighted by Crippen LogP contribution is -2.41. The van der Waals surface area contributed by atoms with E-state index in [0.717, 1.165) is 23.8 Å². The van der Waals surface area contributed by atoms with Gasteiger partial charge >= 0.3 is 0 Å². The Bertz CT molecular complexity index is 248. The Morgan fingerprint density at radius 3 is 2.47 bits per heavy atom. The molecule has 2 aliphatic rings. The monoisotopic (exact) mass is 266 g/mol. The summed E-state index contributed by atoms with van der Waals surface area (Å²) >= 11 is 0. The number of nitrogens with one attached hydrogen (secondary N) is 1. The van der Waals surface area contributed by atoms with E-state index in [9.17, 15) is 0 Å². The highest BCUT2D eigenvalue weighted by Gasteiger charge is 2.24. The van der Waals surface area contributed by atoms with Gasteiger partial charge in [0.1, 0.15) is 0 Å². The Kier molecular flexibility index (Phi) is 6.15. The van der Waals surface area contributed by atoms with Crippen LogP contribution in [-0.4, -0.2) is 37.1 Å². The van der Waals surface area contributed by atoms with Gasteiger partial charge in [-0.2, -0.15) is 0 Å². The van der Waals surface area contributed by atoms with Crippen molar-refractivity contribution in [2.45, 2.75) is 65.3 Å². The van der Waals surface area contributed by atoms with Crippen LogP contribution in [0.4, 0.5) is 0 Å². The smallest absolute Gasteiger partial charge is 0.00699 e. The molecule has 0 amide bonds. The zero-order valence-corrected chi connectivity index (χ0v) is 13.3. The quantitative estimate of drug-likeness (QED) is 0.819. The molecule has 19 heavy (non-hydrogen) atoms. The van der Waals surface area contributed by atoms with Crippen molar-refractivity contribution in [2.75, 3.05) is 26.2 Å². The lowest BCUT2D eigenvalue weighted by Gasteiger charge is -2.34. The van der Waals surface area contributed by atoms with E-state index >= 15 is 0 Å². The van der Waals surface area contributed by atoms with E-state index in [1.54, 1.807) is 0 Å². The standard InChI is InChI=1S/C17H34N2/c1-14(13-19-9-5-4-6-10-19)12-18-17-8-7-15(2)16(3)11-17/h14-18H,4-13H2,1-3H3. The molecule has 1 aliphatic carbocycles. The average molecular weight is 266 g/mol. The molecule has 1 saturated carbocycles. The van der Waals surface area contributed by atoms with Crippen molar-refractivity contribution in [3.8, 4) is 0 Å². The van der Waals surface area contributed by atoms with Crippen molar-refractivity contribution in [1.29, 1.82) is 0 Å². The maximum absolute atomic E-state index is 3.84. The first-order chi connectivity index (χ1) is 9.15. The maximum Gasteiger partial charge on any atom is 0.00699 e. The highest BCUT2D eigenvalue weighted by atomic mass is 15.1. The van der Waals surface area contributed by atoms with Gasteiger partial charge in [0.25, 0.3) is 0 Å².